The second-order valence-corrected chi connectivity index (χ2v) is 4.59. The Morgan fingerprint density at radius 2 is 1.95 bits per heavy atom. The second kappa shape index (κ2) is 4.91. The predicted molar refractivity (Wildman–Crippen MR) is 67.8 cm³/mol. The number of carboxylic acids is 1. The summed E-state index contributed by atoms with van der Waals surface area (Å²) in [6.07, 6.45) is 1.34. The molecule has 2 rings (SSSR count). The highest BCUT2D eigenvalue weighted by molar-refractivity contribution is 5.83. The molecule has 7 heteroatoms. The molecule has 1 N–H and O–H groups in total. The molecule has 1 fully saturated rings. The van der Waals surface area contributed by atoms with Gasteiger partial charge in [-0.05, 0) is 19.8 Å². The molecule has 0 aromatic carbocycles. The van der Waals surface area contributed by atoms with Crippen molar-refractivity contribution in [1.82, 2.24) is 9.97 Å². The lowest BCUT2D eigenvalue weighted by Gasteiger charge is -2.31. The molecule has 2 heterocycles. The van der Waals surface area contributed by atoms with Crippen LogP contribution in [-0.2, 0) is 4.79 Å². The van der Waals surface area contributed by atoms with Gasteiger partial charge in [-0.2, -0.15) is 9.97 Å². The number of anilines is 1. The number of carbonyl (C=O) groups is 1. The van der Waals surface area contributed by atoms with E-state index < -0.39 is 11.5 Å². The van der Waals surface area contributed by atoms with Gasteiger partial charge in [-0.15, -0.1) is 0 Å². The monoisotopic (exact) mass is 267 g/mol. The number of aliphatic carboxylic acids is 1. The molecule has 1 aliphatic heterocycles. The van der Waals surface area contributed by atoms with Gasteiger partial charge in [0.2, 0.25) is 17.7 Å². The number of aromatic nitrogens is 2. The van der Waals surface area contributed by atoms with E-state index in [1.54, 1.807) is 17.9 Å². The molecule has 1 aliphatic rings. The summed E-state index contributed by atoms with van der Waals surface area (Å²) in [6.45, 7) is 2.27. The summed E-state index contributed by atoms with van der Waals surface area (Å²) in [5.41, 5.74) is -0.989. The van der Waals surface area contributed by atoms with Gasteiger partial charge in [-0.1, -0.05) is 0 Å². The van der Waals surface area contributed by atoms with Gasteiger partial charge in [0, 0.05) is 6.54 Å². The van der Waals surface area contributed by atoms with Crippen molar-refractivity contribution in [1.29, 1.82) is 0 Å². The van der Waals surface area contributed by atoms with Crippen LogP contribution in [0.3, 0.4) is 0 Å². The third kappa shape index (κ3) is 2.27. The molecule has 104 valence electrons. The predicted octanol–water partition coefficient (Wildman–Crippen LogP) is 0.937. The maximum atomic E-state index is 11.5. The summed E-state index contributed by atoms with van der Waals surface area (Å²) in [5, 5.41) is 9.40. The Balaban J connectivity index is 2.43. The van der Waals surface area contributed by atoms with Crippen molar-refractivity contribution < 1.29 is 19.4 Å². The molecule has 1 aromatic rings. The van der Waals surface area contributed by atoms with Crippen LogP contribution in [0.25, 0.3) is 0 Å². The van der Waals surface area contributed by atoms with Crippen LogP contribution < -0.4 is 14.4 Å². The van der Waals surface area contributed by atoms with E-state index in [4.69, 9.17) is 9.47 Å². The van der Waals surface area contributed by atoms with E-state index in [0.717, 1.165) is 6.42 Å². The van der Waals surface area contributed by atoms with E-state index in [1.165, 1.54) is 14.2 Å². The number of hydrogen-bond donors (Lipinski definition) is 1. The van der Waals surface area contributed by atoms with E-state index in [1.807, 2.05) is 0 Å². The number of methoxy groups -OCH3 is 2. The Morgan fingerprint density at radius 1 is 1.37 bits per heavy atom. The first-order valence-electron chi connectivity index (χ1n) is 5.99. The van der Waals surface area contributed by atoms with Gasteiger partial charge in [0.25, 0.3) is 0 Å². The largest absolute Gasteiger partial charge is 0.481 e. The number of carboxylic acid groups (broad SMARTS) is 1. The zero-order valence-corrected chi connectivity index (χ0v) is 11.2. The Kier molecular flexibility index (Phi) is 3.46. The SMILES string of the molecule is COc1cc(OC)nc(N2CCCC2(C)C(=O)O)n1. The summed E-state index contributed by atoms with van der Waals surface area (Å²) in [7, 11) is 2.98. The molecule has 0 saturated carbocycles. The van der Waals surface area contributed by atoms with E-state index >= 15 is 0 Å². The Labute approximate surface area is 111 Å². The van der Waals surface area contributed by atoms with Crippen molar-refractivity contribution in [2.75, 3.05) is 25.7 Å². The lowest BCUT2D eigenvalue weighted by molar-refractivity contribution is -0.142. The molecule has 0 bridgehead atoms. The summed E-state index contributed by atoms with van der Waals surface area (Å²) in [6, 6.07) is 1.55. The van der Waals surface area contributed by atoms with Crippen molar-refractivity contribution >= 4 is 11.9 Å². The zero-order valence-electron chi connectivity index (χ0n) is 11.2. The smallest absolute Gasteiger partial charge is 0.329 e. The molecular formula is C12H17N3O4. The number of hydrogen-bond acceptors (Lipinski definition) is 6. The van der Waals surface area contributed by atoms with E-state index in [2.05, 4.69) is 9.97 Å². The molecule has 1 unspecified atom stereocenters. The first-order chi connectivity index (χ1) is 9.01. The van der Waals surface area contributed by atoms with Crippen LogP contribution in [0, 0.1) is 0 Å². The highest BCUT2D eigenvalue weighted by Gasteiger charge is 2.45. The van der Waals surface area contributed by atoms with Crippen LogP contribution in [0.4, 0.5) is 5.95 Å². The summed E-state index contributed by atoms with van der Waals surface area (Å²) >= 11 is 0. The number of nitrogens with zero attached hydrogens (tertiary/aromatic N) is 3. The summed E-state index contributed by atoms with van der Waals surface area (Å²) < 4.78 is 10.2. The van der Waals surface area contributed by atoms with Gasteiger partial charge in [0.15, 0.2) is 0 Å². The fourth-order valence-electron chi connectivity index (χ4n) is 2.23. The highest BCUT2D eigenvalue weighted by atomic mass is 16.5. The fraction of sp³-hybridized carbons (Fsp3) is 0.583. The normalized spacial score (nSPS) is 22.4. The van der Waals surface area contributed by atoms with E-state index in [-0.39, 0.29) is 0 Å². The van der Waals surface area contributed by atoms with E-state index in [9.17, 15) is 9.90 Å². The average molecular weight is 267 g/mol. The van der Waals surface area contributed by atoms with Crippen molar-refractivity contribution in [3.05, 3.63) is 6.07 Å². The van der Waals surface area contributed by atoms with Crippen LogP contribution >= 0.6 is 0 Å². The number of rotatable bonds is 4. The lowest BCUT2D eigenvalue weighted by Crippen LogP contribution is -2.48. The van der Waals surface area contributed by atoms with Gasteiger partial charge >= 0.3 is 5.97 Å². The van der Waals surface area contributed by atoms with Crippen molar-refractivity contribution in [2.24, 2.45) is 0 Å². The van der Waals surface area contributed by atoms with Gasteiger partial charge in [-0.3, -0.25) is 0 Å². The quantitative estimate of drug-likeness (QED) is 0.868. The van der Waals surface area contributed by atoms with Crippen LogP contribution in [0.1, 0.15) is 19.8 Å². The van der Waals surface area contributed by atoms with Gasteiger partial charge in [0.1, 0.15) is 5.54 Å². The fourth-order valence-corrected chi connectivity index (χ4v) is 2.23. The maximum Gasteiger partial charge on any atom is 0.329 e. The minimum Gasteiger partial charge on any atom is -0.481 e. The third-order valence-corrected chi connectivity index (χ3v) is 3.43. The van der Waals surface area contributed by atoms with Crippen LogP contribution in [0.2, 0.25) is 0 Å². The molecule has 7 nitrogen and oxygen atoms in total. The van der Waals surface area contributed by atoms with Gasteiger partial charge in [0.05, 0.1) is 20.3 Å². The topological polar surface area (TPSA) is 84.8 Å². The molecule has 1 saturated heterocycles. The Hall–Kier alpha value is -2.05. The van der Waals surface area contributed by atoms with Gasteiger partial charge < -0.3 is 19.5 Å². The molecule has 0 radical (unpaired) electrons. The van der Waals surface area contributed by atoms with Crippen LogP contribution in [0.15, 0.2) is 6.07 Å². The van der Waals surface area contributed by atoms with Crippen molar-refractivity contribution in [2.45, 2.75) is 25.3 Å². The van der Waals surface area contributed by atoms with Crippen molar-refractivity contribution in [3.63, 3.8) is 0 Å². The lowest BCUT2D eigenvalue weighted by atomic mass is 10.00. The molecule has 1 aromatic heterocycles. The van der Waals surface area contributed by atoms with Crippen LogP contribution in [-0.4, -0.2) is 47.3 Å². The van der Waals surface area contributed by atoms with Crippen molar-refractivity contribution in [3.8, 4) is 11.8 Å². The maximum absolute atomic E-state index is 11.5. The van der Waals surface area contributed by atoms with Gasteiger partial charge in [-0.25, -0.2) is 4.79 Å². The van der Waals surface area contributed by atoms with E-state index in [0.29, 0.717) is 30.7 Å². The third-order valence-electron chi connectivity index (χ3n) is 3.43. The molecular weight excluding hydrogens is 250 g/mol. The second-order valence-electron chi connectivity index (χ2n) is 4.59. The minimum absolute atomic E-state index is 0.318. The highest BCUT2D eigenvalue weighted by Crippen LogP contribution is 2.34. The molecule has 0 aliphatic carbocycles. The molecule has 1 atom stereocenters. The standard InChI is InChI=1S/C12H17N3O4/c1-12(10(16)17)5-4-6-15(12)11-13-8(18-2)7-9(14-11)19-3/h7H,4-6H2,1-3H3,(H,16,17). The molecule has 19 heavy (non-hydrogen) atoms. The molecule has 0 amide bonds. The first-order valence-corrected chi connectivity index (χ1v) is 5.99. The minimum atomic E-state index is -0.989. The number of ether oxygens (including phenoxy) is 2. The zero-order chi connectivity index (χ0) is 14.0. The summed E-state index contributed by atoms with van der Waals surface area (Å²) in [4.78, 5) is 21.6. The first kappa shape index (κ1) is 13.4. The average Bonchev–Trinajstić information content (AvgIpc) is 2.81. The Morgan fingerprint density at radius 3 is 2.42 bits per heavy atom. The summed E-state index contributed by atoms with van der Waals surface area (Å²) in [5.74, 6) is 0.136. The van der Waals surface area contributed by atoms with Crippen LogP contribution in [0.5, 0.6) is 11.8 Å². The molecule has 0 spiro atoms. The Bertz CT molecular complexity index is 472.